The van der Waals surface area contributed by atoms with Crippen molar-refractivity contribution in [3.8, 4) is 0 Å². The van der Waals surface area contributed by atoms with Gasteiger partial charge in [0.05, 0.1) is 12.7 Å². The summed E-state index contributed by atoms with van der Waals surface area (Å²) in [5.41, 5.74) is 5.76. The van der Waals surface area contributed by atoms with E-state index in [0.29, 0.717) is 13.2 Å². The Kier molecular flexibility index (Phi) is 1.72. The number of hydrogen-bond acceptors (Lipinski definition) is 3. The summed E-state index contributed by atoms with van der Waals surface area (Å²) in [6.45, 7) is 5.47. The molecule has 0 aromatic rings. The summed E-state index contributed by atoms with van der Waals surface area (Å²) in [7, 11) is 0. The van der Waals surface area contributed by atoms with Gasteiger partial charge in [-0.25, -0.2) is 0 Å². The van der Waals surface area contributed by atoms with Crippen molar-refractivity contribution in [3.63, 3.8) is 0 Å². The van der Waals surface area contributed by atoms with Crippen LogP contribution in [0.1, 0.15) is 26.7 Å². The van der Waals surface area contributed by atoms with E-state index in [1.54, 1.807) is 0 Å². The Bertz CT molecular complexity index is 191. The molecule has 2 rings (SSSR count). The Morgan fingerprint density at radius 3 is 2.50 bits per heavy atom. The van der Waals surface area contributed by atoms with Crippen molar-refractivity contribution in [2.45, 2.75) is 38.6 Å². The third kappa shape index (κ3) is 1.08. The minimum Gasteiger partial charge on any atom is -0.347 e. The van der Waals surface area contributed by atoms with Crippen LogP contribution in [0.5, 0.6) is 0 Å². The molecule has 2 aliphatic rings. The number of nitrogens with two attached hydrogens (primary N) is 1. The molecule has 2 unspecified atom stereocenters. The van der Waals surface area contributed by atoms with Crippen molar-refractivity contribution in [1.29, 1.82) is 0 Å². The Morgan fingerprint density at radius 2 is 2.08 bits per heavy atom. The van der Waals surface area contributed by atoms with Crippen molar-refractivity contribution in [1.82, 2.24) is 0 Å². The second kappa shape index (κ2) is 2.44. The van der Waals surface area contributed by atoms with Gasteiger partial charge in [0.2, 0.25) is 0 Å². The van der Waals surface area contributed by atoms with Crippen LogP contribution in [-0.4, -0.2) is 25.0 Å². The van der Waals surface area contributed by atoms with Gasteiger partial charge in [0.25, 0.3) is 0 Å². The van der Waals surface area contributed by atoms with E-state index < -0.39 is 0 Å². The molecule has 0 spiro atoms. The van der Waals surface area contributed by atoms with Crippen LogP contribution in [-0.2, 0) is 9.47 Å². The maximum absolute atomic E-state index is 5.78. The topological polar surface area (TPSA) is 44.5 Å². The molecule has 1 saturated carbocycles. The highest BCUT2D eigenvalue weighted by Crippen LogP contribution is 2.57. The first-order valence-electron chi connectivity index (χ1n) is 4.61. The summed E-state index contributed by atoms with van der Waals surface area (Å²) in [6, 6.07) is 0. The lowest BCUT2D eigenvalue weighted by atomic mass is 10.00. The summed E-state index contributed by atoms with van der Waals surface area (Å²) < 4.78 is 11.4. The van der Waals surface area contributed by atoms with Gasteiger partial charge in [0.1, 0.15) is 0 Å². The molecule has 0 bridgehead atoms. The van der Waals surface area contributed by atoms with Crippen LogP contribution < -0.4 is 5.73 Å². The summed E-state index contributed by atoms with van der Waals surface area (Å²) in [4.78, 5) is 0. The van der Waals surface area contributed by atoms with Gasteiger partial charge in [-0.3, -0.25) is 0 Å². The minimum atomic E-state index is -0.364. The maximum atomic E-state index is 5.78. The Hall–Kier alpha value is -0.120. The van der Waals surface area contributed by atoms with Crippen LogP contribution in [0.15, 0.2) is 0 Å². The van der Waals surface area contributed by atoms with Gasteiger partial charge in [-0.1, -0.05) is 6.92 Å². The number of hydrogen-bond donors (Lipinski definition) is 1. The Morgan fingerprint density at radius 1 is 1.42 bits per heavy atom. The summed E-state index contributed by atoms with van der Waals surface area (Å²) >= 11 is 0. The first kappa shape index (κ1) is 8.48. The summed E-state index contributed by atoms with van der Waals surface area (Å²) in [5, 5.41) is 0. The highest BCUT2D eigenvalue weighted by Gasteiger charge is 2.58. The van der Waals surface area contributed by atoms with Crippen LogP contribution >= 0.6 is 0 Å². The van der Waals surface area contributed by atoms with E-state index in [4.69, 9.17) is 15.2 Å². The number of rotatable bonds is 2. The van der Waals surface area contributed by atoms with E-state index in [1.165, 1.54) is 12.8 Å². The van der Waals surface area contributed by atoms with Crippen molar-refractivity contribution >= 4 is 0 Å². The fraction of sp³-hybridized carbons (Fsp3) is 1.00. The van der Waals surface area contributed by atoms with Crippen molar-refractivity contribution in [2.24, 2.45) is 11.1 Å². The molecule has 70 valence electrons. The Balaban J connectivity index is 2.04. The van der Waals surface area contributed by atoms with Gasteiger partial charge < -0.3 is 15.2 Å². The lowest BCUT2D eigenvalue weighted by Crippen LogP contribution is -2.37. The average Bonchev–Trinajstić information content (AvgIpc) is 2.66. The molecule has 2 atom stereocenters. The van der Waals surface area contributed by atoms with E-state index in [2.05, 4.69) is 6.92 Å². The fourth-order valence-corrected chi connectivity index (χ4v) is 1.71. The molecule has 2 N–H and O–H groups in total. The molecule has 3 nitrogen and oxygen atoms in total. The maximum Gasteiger partial charge on any atom is 0.171 e. The molecule has 0 aromatic heterocycles. The molecule has 0 amide bonds. The van der Waals surface area contributed by atoms with Gasteiger partial charge in [-0.05, 0) is 19.8 Å². The van der Waals surface area contributed by atoms with Crippen molar-refractivity contribution in [3.05, 3.63) is 0 Å². The van der Waals surface area contributed by atoms with Gasteiger partial charge in [-0.2, -0.15) is 0 Å². The fourth-order valence-electron chi connectivity index (χ4n) is 1.71. The highest BCUT2D eigenvalue weighted by molar-refractivity contribution is 5.01. The quantitative estimate of drug-likeness (QED) is 0.670. The van der Waals surface area contributed by atoms with Crippen LogP contribution in [0.2, 0.25) is 0 Å². The predicted molar refractivity (Wildman–Crippen MR) is 45.6 cm³/mol. The third-order valence-electron chi connectivity index (χ3n) is 3.30. The predicted octanol–water partition coefficient (Wildman–Crippen LogP) is 0.877. The zero-order valence-electron chi connectivity index (χ0n) is 7.80. The molecular weight excluding hydrogens is 154 g/mol. The standard InChI is InChI=1S/C9H17NO2/c1-8(3-4-8)9(2)11-6-7(5-10)12-9/h7H,3-6,10H2,1-2H3. The lowest BCUT2D eigenvalue weighted by Gasteiger charge is -2.30. The third-order valence-corrected chi connectivity index (χ3v) is 3.30. The first-order valence-corrected chi connectivity index (χ1v) is 4.61. The van der Waals surface area contributed by atoms with E-state index in [0.717, 1.165) is 0 Å². The normalized spacial score (nSPS) is 44.8. The van der Waals surface area contributed by atoms with Crippen molar-refractivity contribution < 1.29 is 9.47 Å². The molecule has 0 radical (unpaired) electrons. The molecule has 3 heteroatoms. The monoisotopic (exact) mass is 171 g/mol. The minimum absolute atomic E-state index is 0.104. The van der Waals surface area contributed by atoms with Gasteiger partial charge >= 0.3 is 0 Å². The lowest BCUT2D eigenvalue weighted by molar-refractivity contribution is -0.196. The van der Waals surface area contributed by atoms with Crippen molar-refractivity contribution in [2.75, 3.05) is 13.2 Å². The largest absolute Gasteiger partial charge is 0.347 e. The zero-order valence-corrected chi connectivity index (χ0v) is 7.80. The smallest absolute Gasteiger partial charge is 0.171 e. The zero-order chi connectivity index (χ0) is 8.82. The van der Waals surface area contributed by atoms with Gasteiger partial charge in [0, 0.05) is 12.0 Å². The van der Waals surface area contributed by atoms with Crippen LogP contribution in [0.25, 0.3) is 0 Å². The van der Waals surface area contributed by atoms with Gasteiger partial charge in [0.15, 0.2) is 5.79 Å². The summed E-state index contributed by atoms with van der Waals surface area (Å²) in [6.07, 6.45) is 2.52. The molecular formula is C9H17NO2. The molecule has 1 aliphatic carbocycles. The highest BCUT2D eigenvalue weighted by atomic mass is 16.7. The molecule has 2 fully saturated rings. The van der Waals surface area contributed by atoms with Crippen LogP contribution in [0, 0.1) is 5.41 Å². The van der Waals surface area contributed by atoms with Crippen LogP contribution in [0.4, 0.5) is 0 Å². The molecule has 0 aromatic carbocycles. The van der Waals surface area contributed by atoms with Crippen LogP contribution in [0.3, 0.4) is 0 Å². The van der Waals surface area contributed by atoms with E-state index in [9.17, 15) is 0 Å². The molecule has 12 heavy (non-hydrogen) atoms. The second-order valence-electron chi connectivity index (χ2n) is 4.29. The van der Waals surface area contributed by atoms with E-state index in [1.807, 2.05) is 6.92 Å². The number of ether oxygens (including phenoxy) is 2. The summed E-state index contributed by atoms with van der Waals surface area (Å²) in [5.74, 6) is -0.364. The molecule has 1 heterocycles. The first-order chi connectivity index (χ1) is 5.60. The Labute approximate surface area is 73.2 Å². The second-order valence-corrected chi connectivity index (χ2v) is 4.29. The average molecular weight is 171 g/mol. The molecule has 1 aliphatic heterocycles. The van der Waals surface area contributed by atoms with Gasteiger partial charge in [-0.15, -0.1) is 0 Å². The van der Waals surface area contributed by atoms with E-state index >= 15 is 0 Å². The molecule has 1 saturated heterocycles. The van der Waals surface area contributed by atoms with E-state index in [-0.39, 0.29) is 17.3 Å². The SMILES string of the molecule is CC1(C2(C)OCC(CN)O2)CC1.